The van der Waals surface area contributed by atoms with Gasteiger partial charge in [-0.3, -0.25) is 29.6 Å². The summed E-state index contributed by atoms with van der Waals surface area (Å²) in [6.45, 7) is 2.26. The largest absolute Gasteiger partial charge is 0.489 e. The highest BCUT2D eigenvalue weighted by Crippen LogP contribution is 2.37. The number of amides is 3. The molecule has 1 saturated carbocycles. The Morgan fingerprint density at radius 3 is 2.66 bits per heavy atom. The van der Waals surface area contributed by atoms with E-state index < -0.39 is 11.9 Å². The summed E-state index contributed by atoms with van der Waals surface area (Å²) >= 11 is 0. The first-order valence-electron chi connectivity index (χ1n) is 13.4. The van der Waals surface area contributed by atoms with Gasteiger partial charge in [0.2, 0.25) is 11.8 Å². The average molecular weight is 512 g/mol. The van der Waals surface area contributed by atoms with Gasteiger partial charge in [0.05, 0.1) is 16.7 Å². The topological polar surface area (TPSA) is 105 Å². The smallest absolute Gasteiger partial charge is 0.255 e. The van der Waals surface area contributed by atoms with Crippen molar-refractivity contribution in [3.05, 3.63) is 65.5 Å². The molecule has 0 radical (unpaired) electrons. The molecule has 194 valence electrons. The normalized spacial score (nSPS) is 25.9. The fourth-order valence-corrected chi connectivity index (χ4v) is 6.40. The zero-order chi connectivity index (χ0) is 25.8. The second-order valence-electron chi connectivity index (χ2n) is 10.8. The van der Waals surface area contributed by atoms with E-state index in [9.17, 15) is 14.4 Å². The standard InChI is InChI=1S/C29H29N5O4/c35-27-11-10-25(28(36)32-27)34-16-17-12-19(8-9-20(17)29(34)37)38-26-7-3-6-24(26)33-14-18(15-33)23-13-30-21-4-1-2-5-22(21)31-23/h1-2,4-5,8-9,12-13,18,24-26H,3,6-7,10-11,14-16H2,(H,32,35,36). The number of likely N-dealkylation sites (tertiary alicyclic amines) is 1. The molecule has 3 amide bonds. The van der Waals surface area contributed by atoms with E-state index in [-0.39, 0.29) is 24.3 Å². The summed E-state index contributed by atoms with van der Waals surface area (Å²) in [6.07, 6.45) is 5.85. The van der Waals surface area contributed by atoms with Crippen LogP contribution in [0.25, 0.3) is 11.0 Å². The second-order valence-corrected chi connectivity index (χ2v) is 10.8. The minimum Gasteiger partial charge on any atom is -0.489 e. The number of hydrogen-bond acceptors (Lipinski definition) is 7. The van der Waals surface area contributed by atoms with E-state index in [1.54, 1.807) is 11.0 Å². The minimum atomic E-state index is -0.608. The first-order valence-corrected chi connectivity index (χ1v) is 13.4. The lowest BCUT2D eigenvalue weighted by molar-refractivity contribution is -0.136. The van der Waals surface area contributed by atoms with Crippen molar-refractivity contribution in [3.63, 3.8) is 0 Å². The number of carbonyl (C=O) groups is 3. The number of ether oxygens (including phenoxy) is 1. The Kier molecular flexibility index (Phi) is 5.61. The van der Waals surface area contributed by atoms with Crippen LogP contribution in [0.1, 0.15) is 59.6 Å². The highest BCUT2D eigenvalue weighted by molar-refractivity contribution is 6.05. The van der Waals surface area contributed by atoms with E-state index >= 15 is 0 Å². The first kappa shape index (κ1) is 23.3. The third-order valence-corrected chi connectivity index (χ3v) is 8.46. The van der Waals surface area contributed by atoms with Gasteiger partial charge in [-0.15, -0.1) is 0 Å². The summed E-state index contributed by atoms with van der Waals surface area (Å²) in [6, 6.07) is 13.3. The fourth-order valence-electron chi connectivity index (χ4n) is 6.40. The Bertz CT molecular complexity index is 1450. The van der Waals surface area contributed by atoms with Crippen LogP contribution in [0.3, 0.4) is 0 Å². The number of fused-ring (bicyclic) bond motifs is 2. The molecule has 3 atom stereocenters. The van der Waals surface area contributed by atoms with Crippen molar-refractivity contribution < 1.29 is 19.1 Å². The van der Waals surface area contributed by atoms with Crippen LogP contribution >= 0.6 is 0 Å². The van der Waals surface area contributed by atoms with Crippen LogP contribution in [-0.2, 0) is 16.1 Å². The van der Waals surface area contributed by atoms with Gasteiger partial charge >= 0.3 is 0 Å². The van der Waals surface area contributed by atoms with Crippen molar-refractivity contribution in [2.45, 2.75) is 62.8 Å². The molecule has 3 unspecified atom stereocenters. The number of imide groups is 1. The molecule has 2 saturated heterocycles. The number of hydrogen-bond donors (Lipinski definition) is 1. The third-order valence-electron chi connectivity index (χ3n) is 8.46. The molecule has 3 aliphatic heterocycles. The quantitative estimate of drug-likeness (QED) is 0.525. The monoisotopic (exact) mass is 511 g/mol. The molecule has 0 bridgehead atoms. The van der Waals surface area contributed by atoms with Crippen molar-refractivity contribution in [2.24, 2.45) is 0 Å². The van der Waals surface area contributed by atoms with Gasteiger partial charge in [-0.25, -0.2) is 4.98 Å². The van der Waals surface area contributed by atoms with Crippen LogP contribution in [0, 0.1) is 0 Å². The molecule has 1 aromatic heterocycles. The van der Waals surface area contributed by atoms with Crippen molar-refractivity contribution in [3.8, 4) is 5.75 Å². The maximum atomic E-state index is 13.0. The summed E-state index contributed by atoms with van der Waals surface area (Å²) in [5, 5.41) is 2.35. The number of piperidine rings is 1. The molecule has 9 heteroatoms. The van der Waals surface area contributed by atoms with Crippen LogP contribution in [0.2, 0.25) is 0 Å². The molecule has 4 aliphatic rings. The highest BCUT2D eigenvalue weighted by Gasteiger charge is 2.42. The molecule has 7 rings (SSSR count). The van der Waals surface area contributed by atoms with Crippen LogP contribution in [-0.4, -0.2) is 68.8 Å². The second kappa shape index (κ2) is 9.16. The molecule has 1 aliphatic carbocycles. The summed E-state index contributed by atoms with van der Waals surface area (Å²) in [4.78, 5) is 50.3. The lowest BCUT2D eigenvalue weighted by atomic mass is 9.93. The minimum absolute atomic E-state index is 0.0972. The Balaban J connectivity index is 1.00. The number of nitrogens with zero attached hydrogens (tertiary/aromatic N) is 4. The van der Waals surface area contributed by atoms with E-state index in [1.807, 2.05) is 42.6 Å². The number of nitrogens with one attached hydrogen (secondary N) is 1. The van der Waals surface area contributed by atoms with Gasteiger partial charge in [0.25, 0.3) is 5.91 Å². The van der Waals surface area contributed by atoms with Gasteiger partial charge in [0.1, 0.15) is 17.9 Å². The number of para-hydroxylation sites is 2. The van der Waals surface area contributed by atoms with E-state index in [0.29, 0.717) is 30.5 Å². The Morgan fingerprint density at radius 1 is 0.974 bits per heavy atom. The zero-order valence-electron chi connectivity index (χ0n) is 21.0. The third kappa shape index (κ3) is 4.01. The lowest BCUT2D eigenvalue weighted by Gasteiger charge is -2.44. The molecule has 9 nitrogen and oxygen atoms in total. The molecule has 0 spiro atoms. The zero-order valence-corrected chi connectivity index (χ0v) is 21.0. The van der Waals surface area contributed by atoms with E-state index in [2.05, 4.69) is 15.2 Å². The van der Waals surface area contributed by atoms with Crippen molar-refractivity contribution in [1.82, 2.24) is 25.1 Å². The summed E-state index contributed by atoms with van der Waals surface area (Å²) in [5.74, 6) is 0.308. The Hall–Kier alpha value is -3.85. The number of benzene rings is 2. The van der Waals surface area contributed by atoms with Gasteiger partial charge < -0.3 is 9.64 Å². The molecular formula is C29H29N5O4. The SMILES string of the molecule is O=C1CCC(N2Cc3cc(OC4CCCC4N4CC(c5cnc6ccccc6n5)C4)ccc3C2=O)C(=O)N1. The van der Waals surface area contributed by atoms with E-state index in [1.165, 1.54) is 0 Å². The van der Waals surface area contributed by atoms with Crippen molar-refractivity contribution >= 4 is 28.8 Å². The van der Waals surface area contributed by atoms with Crippen LogP contribution < -0.4 is 10.1 Å². The molecule has 38 heavy (non-hydrogen) atoms. The van der Waals surface area contributed by atoms with Crippen LogP contribution in [0.5, 0.6) is 5.75 Å². The van der Waals surface area contributed by atoms with Crippen molar-refractivity contribution in [2.75, 3.05) is 13.1 Å². The van der Waals surface area contributed by atoms with Crippen LogP contribution in [0.15, 0.2) is 48.7 Å². The Morgan fingerprint density at radius 2 is 1.82 bits per heavy atom. The Labute approximate surface area is 220 Å². The molecule has 3 fully saturated rings. The van der Waals surface area contributed by atoms with Crippen molar-refractivity contribution in [1.29, 1.82) is 0 Å². The van der Waals surface area contributed by atoms with Gasteiger partial charge in [0.15, 0.2) is 0 Å². The highest BCUT2D eigenvalue weighted by atomic mass is 16.5. The lowest BCUT2D eigenvalue weighted by Crippen LogP contribution is -2.54. The summed E-state index contributed by atoms with van der Waals surface area (Å²) < 4.78 is 6.50. The molecule has 1 N–H and O–H groups in total. The van der Waals surface area contributed by atoms with E-state index in [0.717, 1.165) is 60.4 Å². The summed E-state index contributed by atoms with van der Waals surface area (Å²) in [5.41, 5.74) is 4.39. The molecule has 3 aromatic rings. The maximum Gasteiger partial charge on any atom is 0.255 e. The average Bonchev–Trinajstić information content (AvgIpc) is 3.47. The van der Waals surface area contributed by atoms with Crippen LogP contribution in [0.4, 0.5) is 0 Å². The number of aromatic nitrogens is 2. The summed E-state index contributed by atoms with van der Waals surface area (Å²) in [7, 11) is 0. The van der Waals surface area contributed by atoms with Gasteiger partial charge in [-0.05, 0) is 61.6 Å². The molecular weight excluding hydrogens is 482 g/mol. The molecule has 2 aromatic carbocycles. The van der Waals surface area contributed by atoms with Gasteiger partial charge in [-0.1, -0.05) is 12.1 Å². The first-order chi connectivity index (χ1) is 18.5. The number of carbonyl (C=O) groups excluding carboxylic acids is 3. The predicted octanol–water partition coefficient (Wildman–Crippen LogP) is 2.79. The van der Waals surface area contributed by atoms with E-state index in [4.69, 9.17) is 9.72 Å². The molecule has 4 heterocycles. The van der Waals surface area contributed by atoms with Gasteiger partial charge in [0, 0.05) is 49.8 Å². The number of rotatable bonds is 5. The maximum absolute atomic E-state index is 13.0. The van der Waals surface area contributed by atoms with Gasteiger partial charge in [-0.2, -0.15) is 0 Å². The fraction of sp³-hybridized carbons (Fsp3) is 0.414. The predicted molar refractivity (Wildman–Crippen MR) is 138 cm³/mol.